The number of hydrogen-bond acceptors (Lipinski definition) is 1. The van der Waals surface area contributed by atoms with Gasteiger partial charge in [-0.25, -0.2) is 8.78 Å². The van der Waals surface area contributed by atoms with E-state index in [9.17, 15) is 18.7 Å². The average Bonchev–Trinajstić information content (AvgIpc) is 2.29. The molecule has 5 heteroatoms. The number of halogens is 3. The lowest BCUT2D eigenvalue weighted by atomic mass is 9.68. The summed E-state index contributed by atoms with van der Waals surface area (Å²) in [6.07, 6.45) is -0.914. The molecule has 1 N–H and O–H groups in total. The predicted octanol–water partition coefficient (Wildman–Crippen LogP) is 3.87. The molecule has 98 valence electrons. The summed E-state index contributed by atoms with van der Waals surface area (Å²) >= 11 is 5.85. The molecule has 18 heavy (non-hydrogen) atoms. The molecule has 1 fully saturated rings. The summed E-state index contributed by atoms with van der Waals surface area (Å²) in [6.45, 7) is 0. The average molecular weight is 275 g/mol. The van der Waals surface area contributed by atoms with Crippen molar-refractivity contribution in [3.63, 3.8) is 0 Å². The van der Waals surface area contributed by atoms with Crippen LogP contribution in [0.15, 0.2) is 24.3 Å². The molecule has 0 atom stereocenters. The first kappa shape index (κ1) is 13.3. The van der Waals surface area contributed by atoms with E-state index in [1.807, 2.05) is 0 Å². The molecule has 0 aliphatic heterocycles. The normalized spacial score (nSPS) is 21.5. The van der Waals surface area contributed by atoms with E-state index in [4.69, 9.17) is 11.6 Å². The van der Waals surface area contributed by atoms with Crippen molar-refractivity contribution in [3.05, 3.63) is 34.9 Å². The van der Waals surface area contributed by atoms with Gasteiger partial charge in [0.2, 0.25) is 5.92 Å². The maximum Gasteiger partial charge on any atom is 0.314 e. The monoisotopic (exact) mass is 274 g/mol. The minimum Gasteiger partial charge on any atom is -0.481 e. The second kappa shape index (κ2) is 4.50. The molecule has 0 bridgehead atoms. The molecule has 2 rings (SSSR count). The molecular weight excluding hydrogens is 262 g/mol. The Balaban J connectivity index is 2.38. The van der Waals surface area contributed by atoms with Crippen LogP contribution in [-0.2, 0) is 10.2 Å². The summed E-state index contributed by atoms with van der Waals surface area (Å²) in [6, 6.07) is 6.48. The minimum absolute atomic E-state index is 0.0598. The van der Waals surface area contributed by atoms with Crippen LogP contribution in [0.1, 0.15) is 31.2 Å². The molecular formula is C13H13ClF2O2. The van der Waals surface area contributed by atoms with Crippen molar-refractivity contribution < 1.29 is 18.7 Å². The fraction of sp³-hybridized carbons (Fsp3) is 0.462. The summed E-state index contributed by atoms with van der Waals surface area (Å²) in [4.78, 5) is 11.5. The van der Waals surface area contributed by atoms with Gasteiger partial charge in [-0.2, -0.15) is 0 Å². The quantitative estimate of drug-likeness (QED) is 0.889. The molecule has 1 aliphatic carbocycles. The molecule has 0 radical (unpaired) electrons. The van der Waals surface area contributed by atoms with Crippen LogP contribution < -0.4 is 0 Å². The van der Waals surface area contributed by atoms with Crippen LogP contribution in [0.5, 0.6) is 0 Å². The van der Waals surface area contributed by atoms with E-state index < -0.39 is 30.1 Å². The molecule has 2 nitrogen and oxygen atoms in total. The molecule has 0 amide bonds. The summed E-state index contributed by atoms with van der Waals surface area (Å²) in [7, 11) is 0. The van der Waals surface area contributed by atoms with Gasteiger partial charge in [-0.3, -0.25) is 4.79 Å². The van der Waals surface area contributed by atoms with Crippen molar-refractivity contribution in [3.8, 4) is 0 Å². The second-order valence-electron chi connectivity index (χ2n) is 4.75. The minimum atomic E-state index is -2.75. The summed E-state index contributed by atoms with van der Waals surface area (Å²) in [5, 5.41) is 9.84. The van der Waals surface area contributed by atoms with Crippen LogP contribution in [0.25, 0.3) is 0 Å². The first-order valence-electron chi connectivity index (χ1n) is 5.73. The predicted molar refractivity (Wildman–Crippen MR) is 64.2 cm³/mol. The Morgan fingerprint density at radius 1 is 1.22 bits per heavy atom. The topological polar surface area (TPSA) is 37.3 Å². The van der Waals surface area contributed by atoms with E-state index >= 15 is 0 Å². The number of carboxylic acid groups (broad SMARTS) is 1. The molecule has 0 heterocycles. The van der Waals surface area contributed by atoms with Gasteiger partial charge in [0.25, 0.3) is 0 Å². The van der Waals surface area contributed by atoms with Crippen molar-refractivity contribution in [2.75, 3.05) is 0 Å². The fourth-order valence-electron chi connectivity index (χ4n) is 2.45. The fourth-order valence-corrected chi connectivity index (χ4v) is 2.64. The van der Waals surface area contributed by atoms with Crippen molar-refractivity contribution >= 4 is 17.6 Å². The first-order chi connectivity index (χ1) is 8.36. The highest BCUT2D eigenvalue weighted by molar-refractivity contribution is 6.30. The molecule has 0 unspecified atom stereocenters. The SMILES string of the molecule is O=C(O)C1(c2cccc(Cl)c2)CCC(F)(F)CC1. The largest absolute Gasteiger partial charge is 0.481 e. The van der Waals surface area contributed by atoms with Gasteiger partial charge in [-0.1, -0.05) is 23.7 Å². The van der Waals surface area contributed by atoms with Crippen molar-refractivity contribution in [1.29, 1.82) is 0 Å². The second-order valence-corrected chi connectivity index (χ2v) is 5.19. The summed E-state index contributed by atoms with van der Waals surface area (Å²) < 4.78 is 26.4. The zero-order valence-electron chi connectivity index (χ0n) is 9.63. The van der Waals surface area contributed by atoms with Gasteiger partial charge in [0.05, 0.1) is 5.41 Å². The van der Waals surface area contributed by atoms with Gasteiger partial charge in [0, 0.05) is 17.9 Å². The number of rotatable bonds is 2. The van der Waals surface area contributed by atoms with Gasteiger partial charge in [0.15, 0.2) is 0 Å². The standard InChI is InChI=1S/C13H13ClF2O2/c14-10-3-1-2-9(8-10)12(11(17)18)4-6-13(15,16)7-5-12/h1-3,8H,4-7H2,(H,17,18). The van der Waals surface area contributed by atoms with Crippen LogP contribution in [0, 0.1) is 0 Å². The number of aliphatic carboxylic acids is 1. The highest BCUT2D eigenvalue weighted by Crippen LogP contribution is 2.45. The van der Waals surface area contributed by atoms with Crippen molar-refractivity contribution in [2.24, 2.45) is 0 Å². The number of hydrogen-bond donors (Lipinski definition) is 1. The zero-order valence-corrected chi connectivity index (χ0v) is 10.4. The third-order valence-electron chi connectivity index (χ3n) is 3.62. The molecule has 0 spiro atoms. The summed E-state index contributed by atoms with van der Waals surface area (Å²) in [5.74, 6) is -3.81. The van der Waals surface area contributed by atoms with E-state index in [0.29, 0.717) is 10.6 Å². The Labute approximate surface area is 109 Å². The number of carbonyl (C=O) groups is 1. The van der Waals surface area contributed by atoms with E-state index in [0.717, 1.165) is 0 Å². The smallest absolute Gasteiger partial charge is 0.314 e. The van der Waals surface area contributed by atoms with Crippen LogP contribution in [0.4, 0.5) is 8.78 Å². The van der Waals surface area contributed by atoms with Gasteiger partial charge in [0.1, 0.15) is 0 Å². The lowest BCUT2D eigenvalue weighted by Crippen LogP contribution is -2.42. The van der Waals surface area contributed by atoms with Crippen LogP contribution in [0.3, 0.4) is 0 Å². The van der Waals surface area contributed by atoms with Crippen LogP contribution in [0.2, 0.25) is 5.02 Å². The maximum absolute atomic E-state index is 13.2. The molecule has 0 aromatic heterocycles. The van der Waals surface area contributed by atoms with E-state index in [1.165, 1.54) is 0 Å². The van der Waals surface area contributed by atoms with Gasteiger partial charge in [-0.05, 0) is 30.5 Å². The Morgan fingerprint density at radius 2 is 1.83 bits per heavy atom. The van der Waals surface area contributed by atoms with Crippen LogP contribution in [-0.4, -0.2) is 17.0 Å². The third-order valence-corrected chi connectivity index (χ3v) is 3.86. The molecule has 1 aromatic carbocycles. The van der Waals surface area contributed by atoms with Crippen molar-refractivity contribution in [2.45, 2.75) is 37.0 Å². The number of carboxylic acids is 1. The maximum atomic E-state index is 13.2. The van der Waals surface area contributed by atoms with Crippen molar-refractivity contribution in [1.82, 2.24) is 0 Å². The zero-order chi connectivity index (χ0) is 13.4. The highest BCUT2D eigenvalue weighted by Gasteiger charge is 2.49. The van der Waals surface area contributed by atoms with Gasteiger partial charge >= 0.3 is 5.97 Å². The number of benzene rings is 1. The first-order valence-corrected chi connectivity index (χ1v) is 6.11. The Bertz CT molecular complexity index is 464. The highest BCUT2D eigenvalue weighted by atomic mass is 35.5. The summed E-state index contributed by atoms with van der Waals surface area (Å²) in [5.41, 5.74) is -0.718. The molecule has 1 saturated carbocycles. The number of alkyl halides is 2. The third kappa shape index (κ3) is 2.34. The Hall–Kier alpha value is -1.16. The van der Waals surface area contributed by atoms with Gasteiger partial charge < -0.3 is 5.11 Å². The Morgan fingerprint density at radius 3 is 2.33 bits per heavy atom. The van der Waals surface area contributed by atoms with E-state index in [1.54, 1.807) is 24.3 Å². The van der Waals surface area contributed by atoms with E-state index in [2.05, 4.69) is 0 Å². The molecule has 1 aliphatic rings. The molecule has 0 saturated heterocycles. The Kier molecular flexibility index (Phi) is 3.32. The lowest BCUT2D eigenvalue weighted by molar-refractivity contribution is -0.149. The molecule has 1 aromatic rings. The van der Waals surface area contributed by atoms with E-state index in [-0.39, 0.29) is 12.8 Å². The lowest BCUT2D eigenvalue weighted by Gasteiger charge is -2.37. The van der Waals surface area contributed by atoms with Gasteiger partial charge in [-0.15, -0.1) is 0 Å². The van der Waals surface area contributed by atoms with Crippen LogP contribution >= 0.6 is 11.6 Å².